The van der Waals surface area contributed by atoms with Gasteiger partial charge in [-0.2, -0.15) is 0 Å². The monoisotopic (exact) mass is 301 g/mol. The van der Waals surface area contributed by atoms with Crippen LogP contribution in [0.1, 0.15) is 21.7 Å². The van der Waals surface area contributed by atoms with E-state index in [0.29, 0.717) is 18.0 Å². The Kier molecular flexibility index (Phi) is 8.40. The Morgan fingerprint density at radius 1 is 1.35 bits per heavy atom. The fourth-order valence-corrected chi connectivity index (χ4v) is 2.71. The van der Waals surface area contributed by atoms with Crippen molar-refractivity contribution in [3.05, 3.63) is 21.9 Å². The maximum Gasteiger partial charge on any atom is 0.275 e. The fourth-order valence-electron chi connectivity index (χ4n) is 1.89. The number of hydrogen-bond acceptors (Lipinski definition) is 6. The highest BCUT2D eigenvalue weighted by molar-refractivity contribution is 7.12. The van der Waals surface area contributed by atoms with Crippen LogP contribution < -0.4 is 11.3 Å². The highest BCUT2D eigenvalue weighted by Gasteiger charge is 2.15. The molecule has 20 heavy (non-hydrogen) atoms. The summed E-state index contributed by atoms with van der Waals surface area (Å²) < 4.78 is 10.2. The summed E-state index contributed by atoms with van der Waals surface area (Å²) in [5, 5.41) is 1.91. The number of methoxy groups -OCH3 is 2. The number of thiophene rings is 1. The number of nitrogens with two attached hydrogens (primary N) is 1. The molecule has 0 spiro atoms. The number of hydrazine groups is 1. The number of nitrogen functional groups attached to an aromatic ring is 1. The number of nitrogens with zero attached hydrogens (tertiary/aromatic N) is 1. The zero-order chi connectivity index (χ0) is 14.8. The number of amides is 1. The van der Waals surface area contributed by atoms with E-state index in [1.807, 2.05) is 11.4 Å². The van der Waals surface area contributed by atoms with Crippen LogP contribution in [0.5, 0.6) is 0 Å². The van der Waals surface area contributed by atoms with E-state index < -0.39 is 0 Å². The minimum absolute atomic E-state index is 0.237. The van der Waals surface area contributed by atoms with Crippen molar-refractivity contribution in [2.45, 2.75) is 13.0 Å². The summed E-state index contributed by atoms with van der Waals surface area (Å²) >= 11 is 1.40. The first kappa shape index (κ1) is 17.1. The smallest absolute Gasteiger partial charge is 0.275 e. The van der Waals surface area contributed by atoms with Gasteiger partial charge in [0, 0.05) is 40.5 Å². The molecule has 0 saturated carbocycles. The quantitative estimate of drug-likeness (QED) is 0.290. The van der Waals surface area contributed by atoms with Gasteiger partial charge in [0.15, 0.2) is 0 Å². The van der Waals surface area contributed by atoms with Crippen molar-refractivity contribution in [2.24, 2.45) is 5.84 Å². The predicted octanol–water partition coefficient (Wildman–Crippen LogP) is 0.837. The Morgan fingerprint density at radius 2 is 2.10 bits per heavy atom. The van der Waals surface area contributed by atoms with Crippen molar-refractivity contribution in [1.29, 1.82) is 0 Å². The van der Waals surface area contributed by atoms with Gasteiger partial charge in [0.1, 0.15) is 0 Å². The molecule has 114 valence electrons. The van der Waals surface area contributed by atoms with Crippen molar-refractivity contribution in [2.75, 3.05) is 40.5 Å². The third-order valence-corrected chi connectivity index (χ3v) is 3.87. The molecule has 0 aliphatic heterocycles. The number of nitrogens with one attached hydrogen (secondary N) is 1. The van der Waals surface area contributed by atoms with Gasteiger partial charge in [-0.25, -0.2) is 5.84 Å². The summed E-state index contributed by atoms with van der Waals surface area (Å²) in [6.07, 6.45) is 0.947. The van der Waals surface area contributed by atoms with Crippen LogP contribution in [0.3, 0.4) is 0 Å². The standard InChI is InChI=1S/C13H23N3O3S/c1-18-7-3-5-16(6-8-19-2)10-11-4-9-20-12(11)13(17)15-14/h4,9H,3,5-8,10,14H2,1-2H3,(H,15,17). The molecule has 6 nitrogen and oxygen atoms in total. The van der Waals surface area contributed by atoms with Crippen LogP contribution in [0.25, 0.3) is 0 Å². The van der Waals surface area contributed by atoms with E-state index in [9.17, 15) is 4.79 Å². The number of carbonyl (C=O) groups excluding carboxylic acids is 1. The Hall–Kier alpha value is -0.990. The molecular weight excluding hydrogens is 278 g/mol. The van der Waals surface area contributed by atoms with Crippen LogP contribution in [-0.2, 0) is 16.0 Å². The lowest BCUT2D eigenvalue weighted by Crippen LogP contribution is -2.32. The Labute approximate surface area is 123 Å². The second kappa shape index (κ2) is 9.84. The van der Waals surface area contributed by atoms with Crippen molar-refractivity contribution in [3.63, 3.8) is 0 Å². The number of rotatable bonds is 10. The van der Waals surface area contributed by atoms with Gasteiger partial charge >= 0.3 is 0 Å². The SMILES string of the molecule is COCCCN(CCOC)Cc1ccsc1C(=O)NN. The molecule has 1 rings (SSSR count). The van der Waals surface area contributed by atoms with Gasteiger partial charge in [-0.05, 0) is 23.4 Å². The first-order valence-corrected chi connectivity index (χ1v) is 7.38. The molecule has 1 heterocycles. The van der Waals surface area contributed by atoms with Crippen molar-refractivity contribution < 1.29 is 14.3 Å². The van der Waals surface area contributed by atoms with Gasteiger partial charge in [0.2, 0.25) is 0 Å². The summed E-state index contributed by atoms with van der Waals surface area (Å²) in [5.41, 5.74) is 3.18. The lowest BCUT2D eigenvalue weighted by molar-refractivity contribution is 0.0954. The van der Waals surface area contributed by atoms with E-state index in [1.54, 1.807) is 14.2 Å². The highest BCUT2D eigenvalue weighted by Crippen LogP contribution is 2.18. The summed E-state index contributed by atoms with van der Waals surface area (Å²) in [4.78, 5) is 14.6. The number of hydrogen-bond donors (Lipinski definition) is 2. The average Bonchev–Trinajstić information content (AvgIpc) is 2.92. The molecule has 7 heteroatoms. The molecule has 0 bridgehead atoms. The molecule has 1 aromatic heterocycles. The minimum Gasteiger partial charge on any atom is -0.385 e. The van der Waals surface area contributed by atoms with Crippen molar-refractivity contribution in [3.8, 4) is 0 Å². The molecule has 1 amide bonds. The average molecular weight is 301 g/mol. The molecule has 1 aromatic rings. The highest BCUT2D eigenvalue weighted by atomic mass is 32.1. The van der Waals surface area contributed by atoms with Crippen LogP contribution in [0.4, 0.5) is 0 Å². The zero-order valence-electron chi connectivity index (χ0n) is 12.1. The van der Waals surface area contributed by atoms with Gasteiger partial charge in [-0.1, -0.05) is 0 Å². The molecule has 3 N–H and O–H groups in total. The maximum atomic E-state index is 11.7. The van der Waals surface area contributed by atoms with E-state index >= 15 is 0 Å². The van der Waals surface area contributed by atoms with Crippen molar-refractivity contribution >= 4 is 17.2 Å². The first-order chi connectivity index (χ1) is 9.72. The van der Waals surface area contributed by atoms with Crippen LogP contribution >= 0.6 is 11.3 Å². The van der Waals surface area contributed by atoms with Crippen LogP contribution in [0.2, 0.25) is 0 Å². The number of carbonyl (C=O) groups is 1. The summed E-state index contributed by atoms with van der Waals surface area (Å²) in [5.74, 6) is 4.96. The van der Waals surface area contributed by atoms with Gasteiger partial charge in [-0.15, -0.1) is 11.3 Å². The zero-order valence-corrected chi connectivity index (χ0v) is 12.9. The summed E-state index contributed by atoms with van der Waals surface area (Å²) in [6.45, 7) is 3.81. The largest absolute Gasteiger partial charge is 0.385 e. The van der Waals surface area contributed by atoms with Gasteiger partial charge in [-0.3, -0.25) is 15.1 Å². The van der Waals surface area contributed by atoms with E-state index in [1.165, 1.54) is 11.3 Å². The fraction of sp³-hybridized carbons (Fsp3) is 0.615. The van der Waals surface area contributed by atoms with E-state index in [4.69, 9.17) is 15.3 Å². The molecule has 0 unspecified atom stereocenters. The Morgan fingerprint density at radius 3 is 2.75 bits per heavy atom. The van der Waals surface area contributed by atoms with Crippen LogP contribution in [-0.4, -0.2) is 51.3 Å². The molecule has 0 saturated heterocycles. The molecular formula is C13H23N3O3S. The van der Waals surface area contributed by atoms with Crippen molar-refractivity contribution in [1.82, 2.24) is 10.3 Å². The summed E-state index contributed by atoms with van der Waals surface area (Å²) in [7, 11) is 3.38. The predicted molar refractivity (Wildman–Crippen MR) is 79.6 cm³/mol. The molecule has 0 radical (unpaired) electrons. The number of ether oxygens (including phenoxy) is 2. The van der Waals surface area contributed by atoms with Gasteiger partial charge in [0.05, 0.1) is 11.5 Å². The van der Waals surface area contributed by atoms with Gasteiger partial charge in [0.25, 0.3) is 5.91 Å². The lowest BCUT2D eigenvalue weighted by atomic mass is 10.2. The lowest BCUT2D eigenvalue weighted by Gasteiger charge is -2.21. The minimum atomic E-state index is -0.237. The summed E-state index contributed by atoms with van der Waals surface area (Å²) in [6, 6.07) is 1.96. The molecule has 0 aliphatic carbocycles. The van der Waals surface area contributed by atoms with E-state index in [0.717, 1.165) is 31.7 Å². The third-order valence-electron chi connectivity index (χ3n) is 2.91. The Balaban J connectivity index is 2.63. The second-order valence-corrected chi connectivity index (χ2v) is 5.28. The van der Waals surface area contributed by atoms with E-state index in [-0.39, 0.29) is 5.91 Å². The first-order valence-electron chi connectivity index (χ1n) is 6.50. The molecule has 0 atom stereocenters. The third kappa shape index (κ3) is 5.56. The topological polar surface area (TPSA) is 76.8 Å². The Bertz CT molecular complexity index is 398. The van der Waals surface area contributed by atoms with Gasteiger partial charge < -0.3 is 9.47 Å². The molecule has 0 aliphatic rings. The van der Waals surface area contributed by atoms with Crippen LogP contribution in [0.15, 0.2) is 11.4 Å². The second-order valence-electron chi connectivity index (χ2n) is 4.36. The van der Waals surface area contributed by atoms with E-state index in [2.05, 4.69) is 10.3 Å². The molecule has 0 aromatic carbocycles. The van der Waals surface area contributed by atoms with Crippen LogP contribution in [0, 0.1) is 0 Å². The normalized spacial score (nSPS) is 11.0. The molecule has 0 fully saturated rings. The maximum absolute atomic E-state index is 11.7.